The van der Waals surface area contributed by atoms with E-state index in [1.54, 1.807) is 0 Å². The summed E-state index contributed by atoms with van der Waals surface area (Å²) in [4.78, 5) is 281. The number of halogens is 3. The van der Waals surface area contributed by atoms with Gasteiger partial charge in [-0.3, -0.25) is 91.8 Å². The third kappa shape index (κ3) is 27.7. The minimum Gasteiger partial charge on any atom is -0.465 e. The molecule has 0 bridgehead atoms. The molecule has 137 heavy (non-hydrogen) atoms. The summed E-state index contributed by atoms with van der Waals surface area (Å²) in [6, 6.07) is 5.67. The first-order chi connectivity index (χ1) is 64.2. The van der Waals surface area contributed by atoms with Crippen molar-refractivity contribution in [2.45, 2.75) is 285 Å². The van der Waals surface area contributed by atoms with E-state index in [1.807, 2.05) is 0 Å². The molecule has 0 aromatic heterocycles. The van der Waals surface area contributed by atoms with E-state index in [1.165, 1.54) is 54.6 Å². The van der Waals surface area contributed by atoms with Gasteiger partial charge in [0, 0.05) is 104 Å². The maximum Gasteiger partial charge on any atom is 0.367 e. The maximum absolute atomic E-state index is 16.3. The van der Waals surface area contributed by atoms with Gasteiger partial charge in [0.05, 0.1) is 48.7 Å². The van der Waals surface area contributed by atoms with Crippen molar-refractivity contribution in [3.63, 3.8) is 0 Å². The molecule has 2 aromatic carbocycles. The number of amides is 4. The quantitative estimate of drug-likeness (QED) is 0.0212. The number of carbonyl (C=O) groups excluding carboxylic acids is 20. The fraction of sp³-hybridized carbons (Fsp3) is 0.607. The second-order valence-electron chi connectivity index (χ2n) is 31.5. The molecule has 50 nitrogen and oxygen atoms in total. The fourth-order valence-corrected chi connectivity index (χ4v) is 16.2. The van der Waals surface area contributed by atoms with E-state index in [4.69, 9.17) is 163 Å². The lowest BCUT2D eigenvalue weighted by molar-refractivity contribution is -0.402. The van der Waals surface area contributed by atoms with Crippen molar-refractivity contribution in [3.05, 3.63) is 71.3 Å². The van der Waals surface area contributed by atoms with Crippen LogP contribution in [0.15, 0.2) is 54.6 Å². The van der Waals surface area contributed by atoms with E-state index < -0.39 is 339 Å². The Hall–Kier alpha value is -12.0. The SMILES string of the molecule is COC(=O)[C@@]1(O[C@H]2[C@@H](O[C@@H]3O[C@H](COC(=O)c4ccccc4)[C@H](OC(C)=O)[C@H](OC(C)=O)[C@H]3N3C(=O)c4ccccc4C3=O)[C@@H](COC(C)=O)O[C@@H](O[C@H]3[C@H](OC(C)=O)[C@@H](OC(C)=O)[C@@H](OC(=N)C(Cl)(Cl)Cl)O[C@@H]3COC(C)=O)[C@@H]2OC(C)=O)C[C@H](OC(C)=O)[C@@H](NC(C)=O)[C@H]([C@H](OC(C)=O)[C@H]2COC(=O)[C@]3(C[C@H](OC(C)=O)[C@@H](NC(C)=O)[C@H]([C@H](OC(C)=O)[C@@H](COC(C)=O)OC(C)=O)O3)O2)O1. The highest BCUT2D eigenvalue weighted by atomic mass is 35.6. The number of esters is 16. The van der Waals surface area contributed by atoms with Gasteiger partial charge in [0.15, 0.2) is 55.3 Å². The average Bonchev–Trinajstić information content (AvgIpc) is 1.52. The molecule has 53 heteroatoms. The highest BCUT2D eigenvalue weighted by Crippen LogP contribution is 2.48. The van der Waals surface area contributed by atoms with Gasteiger partial charge in [-0.1, -0.05) is 65.1 Å². The van der Waals surface area contributed by atoms with Crippen LogP contribution in [0.4, 0.5) is 0 Å². The van der Waals surface area contributed by atoms with E-state index in [0.717, 1.165) is 96.9 Å². The molecule has 2 aromatic rings. The van der Waals surface area contributed by atoms with E-state index in [-0.39, 0.29) is 16.7 Å². The average molecular weight is 2010 g/mol. The zero-order chi connectivity index (χ0) is 101. The molecule has 27 atom stereocenters. The number of hydrogen-bond acceptors (Lipinski definition) is 47. The number of nitrogens with one attached hydrogen (secondary N) is 3. The summed E-state index contributed by atoms with van der Waals surface area (Å²) in [5.74, 6) is -33.5. The van der Waals surface area contributed by atoms with Crippen molar-refractivity contribution >= 4 is 160 Å². The molecule has 7 aliphatic heterocycles. The van der Waals surface area contributed by atoms with E-state index >= 15 is 19.2 Å². The normalized spacial score (nSPS) is 30.1. The third-order valence-electron chi connectivity index (χ3n) is 20.9. The van der Waals surface area contributed by atoms with Gasteiger partial charge in [-0.25, -0.2) is 14.4 Å². The minimum atomic E-state index is -3.73. The van der Waals surface area contributed by atoms with Crippen LogP contribution in [-0.2, 0) is 205 Å². The van der Waals surface area contributed by atoms with Crippen LogP contribution in [0.3, 0.4) is 0 Å². The lowest BCUT2D eigenvalue weighted by Gasteiger charge is -2.54. The van der Waals surface area contributed by atoms with Gasteiger partial charge in [0.25, 0.3) is 27.2 Å². The number of cyclic esters (lactones) is 1. The first-order valence-corrected chi connectivity index (χ1v) is 42.8. The van der Waals surface area contributed by atoms with Crippen LogP contribution in [0.2, 0.25) is 0 Å². The van der Waals surface area contributed by atoms with Gasteiger partial charge in [-0.05, 0) is 24.3 Å². The molecule has 0 aliphatic carbocycles. The third-order valence-corrected chi connectivity index (χ3v) is 21.4. The van der Waals surface area contributed by atoms with Gasteiger partial charge in [0.1, 0.15) is 106 Å². The molecule has 0 radical (unpaired) electrons. The smallest absolute Gasteiger partial charge is 0.367 e. The van der Waals surface area contributed by atoms with Gasteiger partial charge in [0.2, 0.25) is 30.1 Å². The summed E-state index contributed by atoms with van der Waals surface area (Å²) < 4.78 is 156. The number of alkyl halides is 3. The molecule has 3 N–H and O–H groups in total. The topological polar surface area (TPSA) is 633 Å². The molecular formula is C84H99Cl3N4O46. The monoisotopic (exact) mass is 2000 g/mol. The zero-order valence-corrected chi connectivity index (χ0v) is 78.2. The molecule has 6 saturated heterocycles. The Morgan fingerprint density at radius 1 is 0.460 bits per heavy atom. The van der Waals surface area contributed by atoms with Crippen molar-refractivity contribution < 1.29 is 219 Å². The number of ether oxygens (including phenoxy) is 26. The summed E-state index contributed by atoms with van der Waals surface area (Å²) in [6.45, 7) is 6.87. The molecule has 7 aliphatic rings. The second-order valence-corrected chi connectivity index (χ2v) is 33.8. The number of fused-ring (bicyclic) bond motifs is 1. The van der Waals surface area contributed by atoms with Crippen molar-refractivity contribution in [3.8, 4) is 0 Å². The lowest BCUT2D eigenvalue weighted by Crippen LogP contribution is -2.74. The first-order valence-electron chi connectivity index (χ1n) is 41.7. The Kier molecular flexibility index (Phi) is 37.2. The van der Waals surface area contributed by atoms with Gasteiger partial charge in [-0.15, -0.1) is 0 Å². The number of rotatable bonds is 34. The predicted octanol–water partition coefficient (Wildman–Crippen LogP) is 0.304. The summed E-state index contributed by atoms with van der Waals surface area (Å²) in [5.41, 5.74) is -0.830. The van der Waals surface area contributed by atoms with Crippen LogP contribution in [-0.4, -0.2) is 338 Å². The Balaban J connectivity index is 1.36. The zero-order valence-electron chi connectivity index (χ0n) is 75.9. The van der Waals surface area contributed by atoms with Crippen molar-refractivity contribution in [2.75, 3.05) is 40.1 Å². The summed E-state index contributed by atoms with van der Waals surface area (Å²) >= 11 is 18.2. The molecule has 6 fully saturated rings. The Morgan fingerprint density at radius 3 is 1.40 bits per heavy atom. The van der Waals surface area contributed by atoms with Crippen LogP contribution in [0.5, 0.6) is 0 Å². The fourth-order valence-electron chi connectivity index (χ4n) is 16.1. The number of methoxy groups -OCH3 is 1. The van der Waals surface area contributed by atoms with Crippen LogP contribution in [0.1, 0.15) is 148 Å². The Labute approximate surface area is 792 Å². The highest BCUT2D eigenvalue weighted by molar-refractivity contribution is 6.76. The van der Waals surface area contributed by atoms with Crippen molar-refractivity contribution in [1.29, 1.82) is 5.41 Å². The number of imide groups is 1. The molecular weight excluding hydrogens is 1910 g/mol. The molecule has 1 spiro atoms. The van der Waals surface area contributed by atoms with Crippen molar-refractivity contribution in [2.24, 2.45) is 0 Å². The number of hydrogen-bond donors (Lipinski definition) is 3. The first kappa shape index (κ1) is 109. The van der Waals surface area contributed by atoms with Crippen LogP contribution >= 0.6 is 34.8 Å². The standard InChI is InChI=1S/C84H99Cl3N4O46/c1-33(92)89-58-52(119-39(7)98)27-83(136-66(58)61(121-41(9)100)53(120-40(8)99)28-113-35(3)94)81(111)117-32-57(134-83)65(123-43(11)102)67-59(90-34(2)93)51(118-38(6)97)26-82(135-67,80(110)112-16)137-70-64(131-76-60(91-73(107)49-24-20-21-25-50(49)74(91)108)68(124-44(12)103)62(122-42(10)101)56(128-76)31-116-75(109)48-22-18-17-19-23-48)55(30-115-37(5)96)129-77(72(70)127-47(15)106)132-63-54(29-114-36(4)95)130-78(133-79(88)84(85,86)87)71(126-46(14)105)69(63)125-45(13)104/h17-25,51-72,76-78,88H,26-32H2,1-16H3,(H,89,92)(H,90,93)/t51-,52-,53+,54+,55+,56+,57+,58+,59+,60+,61+,62-,63+,64-,65+,66+,67+,68+,69-,70-,71+,72+,76-,77-,78+,82-,83+/m0/s1. The summed E-state index contributed by atoms with van der Waals surface area (Å²) in [7, 11) is 0.668. The highest BCUT2D eigenvalue weighted by Gasteiger charge is 2.69. The molecule has 4 amide bonds. The van der Waals surface area contributed by atoms with Crippen LogP contribution < -0.4 is 10.6 Å². The van der Waals surface area contributed by atoms with Crippen LogP contribution in [0, 0.1) is 5.41 Å². The number of carbonyl (C=O) groups is 20. The lowest BCUT2D eigenvalue weighted by atomic mass is 9.86. The largest absolute Gasteiger partial charge is 0.465 e. The van der Waals surface area contributed by atoms with E-state index in [0.29, 0.717) is 18.9 Å². The molecule has 7 heterocycles. The molecule has 0 unspecified atom stereocenters. The van der Waals surface area contributed by atoms with E-state index in [2.05, 4.69) is 10.6 Å². The number of benzene rings is 2. The summed E-state index contributed by atoms with van der Waals surface area (Å²) in [6.07, 6.45) is -54.8. The predicted molar refractivity (Wildman–Crippen MR) is 440 cm³/mol. The molecule has 752 valence electrons. The van der Waals surface area contributed by atoms with E-state index in [9.17, 15) is 76.7 Å². The Bertz CT molecular complexity index is 4880. The van der Waals surface area contributed by atoms with Gasteiger partial charge in [-0.2, -0.15) is 0 Å². The molecule has 9 rings (SSSR count). The minimum absolute atomic E-state index is 0.116. The van der Waals surface area contributed by atoms with Gasteiger partial charge < -0.3 is 134 Å². The van der Waals surface area contributed by atoms with Crippen LogP contribution in [0.25, 0.3) is 0 Å². The molecule has 0 saturated carbocycles. The summed E-state index contributed by atoms with van der Waals surface area (Å²) in [5, 5.41) is 13.6. The van der Waals surface area contributed by atoms with Gasteiger partial charge >= 0.3 is 95.5 Å². The Morgan fingerprint density at radius 2 is 0.905 bits per heavy atom. The maximum atomic E-state index is 16.3. The number of nitrogens with zero attached hydrogens (tertiary/aromatic N) is 1. The second kappa shape index (κ2) is 46.9. The van der Waals surface area contributed by atoms with Crippen molar-refractivity contribution in [1.82, 2.24) is 15.5 Å².